The zero-order valence-electron chi connectivity index (χ0n) is 14.5. The van der Waals surface area contributed by atoms with E-state index in [9.17, 15) is 9.59 Å². The molecule has 0 spiro atoms. The number of imide groups is 1. The van der Waals surface area contributed by atoms with Crippen LogP contribution in [0.15, 0.2) is 48.3 Å². The van der Waals surface area contributed by atoms with Crippen molar-refractivity contribution in [2.75, 3.05) is 18.5 Å². The lowest BCUT2D eigenvalue weighted by molar-refractivity contribution is -0.137. The molecule has 4 rings (SSSR count). The highest BCUT2D eigenvalue weighted by atomic mass is 32.1. The summed E-state index contributed by atoms with van der Waals surface area (Å²) in [5.41, 5.74) is 3.68. The number of aliphatic hydroxyl groups excluding tert-OH is 1. The first-order valence-corrected chi connectivity index (χ1v) is 9.16. The van der Waals surface area contributed by atoms with Crippen LogP contribution in [0.2, 0.25) is 0 Å². The maximum absolute atomic E-state index is 12.3. The quantitative estimate of drug-likeness (QED) is 0.660. The van der Waals surface area contributed by atoms with Gasteiger partial charge in [-0.2, -0.15) is 0 Å². The summed E-state index contributed by atoms with van der Waals surface area (Å²) in [6.45, 7) is 1.65. The Bertz CT molecular complexity index is 1060. The number of fused-ring (bicyclic) bond motifs is 1. The molecule has 3 aromatic rings. The highest BCUT2D eigenvalue weighted by Crippen LogP contribution is 2.31. The lowest BCUT2D eigenvalue weighted by Gasteiger charge is -2.14. The predicted molar refractivity (Wildman–Crippen MR) is 103 cm³/mol. The zero-order chi connectivity index (χ0) is 19.0. The van der Waals surface area contributed by atoms with Crippen molar-refractivity contribution >= 4 is 39.2 Å². The lowest BCUT2D eigenvalue weighted by atomic mass is 10.1. The molecule has 0 saturated carbocycles. The molecule has 0 fully saturated rings. The van der Waals surface area contributed by atoms with Crippen molar-refractivity contribution in [1.82, 2.24) is 14.9 Å². The van der Waals surface area contributed by atoms with E-state index >= 15 is 0 Å². The van der Waals surface area contributed by atoms with Crippen molar-refractivity contribution in [2.24, 2.45) is 0 Å². The molecule has 0 atom stereocenters. The van der Waals surface area contributed by atoms with Gasteiger partial charge in [0.25, 0.3) is 11.8 Å². The molecular weight excluding hydrogens is 364 g/mol. The van der Waals surface area contributed by atoms with Crippen LogP contribution in [0.5, 0.6) is 0 Å². The molecular formula is C19H16N4O3S. The van der Waals surface area contributed by atoms with Gasteiger partial charge in [0.05, 0.1) is 13.2 Å². The van der Waals surface area contributed by atoms with E-state index in [1.165, 1.54) is 17.4 Å². The fourth-order valence-electron chi connectivity index (χ4n) is 2.89. The third-order valence-corrected chi connectivity index (χ3v) is 5.27. The number of anilines is 1. The summed E-state index contributed by atoms with van der Waals surface area (Å²) in [4.78, 5) is 34.9. The molecule has 136 valence electrons. The van der Waals surface area contributed by atoms with Crippen molar-refractivity contribution < 1.29 is 14.7 Å². The van der Waals surface area contributed by atoms with Gasteiger partial charge in [-0.05, 0) is 42.8 Å². The number of benzene rings is 1. The van der Waals surface area contributed by atoms with Gasteiger partial charge in [0.1, 0.15) is 21.1 Å². The fourth-order valence-corrected chi connectivity index (χ4v) is 3.79. The van der Waals surface area contributed by atoms with Crippen molar-refractivity contribution in [1.29, 1.82) is 0 Å². The molecule has 2 N–H and O–H groups in total. The second-order valence-corrected chi connectivity index (χ2v) is 7.06. The summed E-state index contributed by atoms with van der Waals surface area (Å²) in [7, 11) is 0. The molecule has 3 heterocycles. The van der Waals surface area contributed by atoms with Crippen LogP contribution in [0.1, 0.15) is 5.56 Å². The van der Waals surface area contributed by atoms with E-state index in [0.29, 0.717) is 0 Å². The summed E-state index contributed by atoms with van der Waals surface area (Å²) < 4.78 is 0. The molecule has 0 unspecified atom stereocenters. The van der Waals surface area contributed by atoms with E-state index in [0.717, 1.165) is 37.1 Å². The number of carbonyl (C=O) groups excluding carboxylic acids is 2. The first-order chi connectivity index (χ1) is 13.1. The van der Waals surface area contributed by atoms with Crippen LogP contribution < -0.4 is 5.32 Å². The number of rotatable bonds is 5. The van der Waals surface area contributed by atoms with Crippen LogP contribution in [-0.4, -0.2) is 44.9 Å². The largest absolute Gasteiger partial charge is 0.395 e. The highest BCUT2D eigenvalue weighted by Gasteiger charge is 2.30. The van der Waals surface area contributed by atoms with Gasteiger partial charge >= 0.3 is 0 Å². The topological polar surface area (TPSA) is 95.4 Å². The van der Waals surface area contributed by atoms with Crippen LogP contribution in [-0.2, 0) is 9.59 Å². The molecule has 1 aliphatic rings. The summed E-state index contributed by atoms with van der Waals surface area (Å²) in [5, 5.41) is 12.9. The van der Waals surface area contributed by atoms with Gasteiger partial charge in [0, 0.05) is 23.5 Å². The Balaban J connectivity index is 1.58. The van der Waals surface area contributed by atoms with Crippen molar-refractivity contribution in [3.05, 3.63) is 53.9 Å². The monoisotopic (exact) mass is 380 g/mol. The van der Waals surface area contributed by atoms with Crippen LogP contribution in [0.25, 0.3) is 20.9 Å². The third kappa shape index (κ3) is 3.20. The van der Waals surface area contributed by atoms with Crippen molar-refractivity contribution in [3.8, 4) is 10.6 Å². The number of aryl methyl sites for hydroxylation is 1. The van der Waals surface area contributed by atoms with E-state index in [4.69, 9.17) is 5.11 Å². The number of carbonyl (C=O) groups is 2. The number of thiazole rings is 1. The van der Waals surface area contributed by atoms with Crippen molar-refractivity contribution in [2.45, 2.75) is 6.92 Å². The third-order valence-electron chi connectivity index (χ3n) is 4.24. The molecule has 1 aliphatic heterocycles. The Morgan fingerprint density at radius 2 is 2.11 bits per heavy atom. The Morgan fingerprint density at radius 3 is 2.85 bits per heavy atom. The molecule has 1 aromatic carbocycles. The Hall–Kier alpha value is -3.10. The second-order valence-electron chi connectivity index (χ2n) is 6.08. The normalized spacial score (nSPS) is 14.1. The average Bonchev–Trinajstić information content (AvgIpc) is 3.20. The minimum Gasteiger partial charge on any atom is -0.395 e. The number of nitrogens with one attached hydrogen (secondary N) is 1. The number of aromatic nitrogens is 2. The number of hydrogen-bond acceptors (Lipinski definition) is 7. The fraction of sp³-hybridized carbons (Fsp3) is 0.158. The molecule has 0 saturated heterocycles. The summed E-state index contributed by atoms with van der Waals surface area (Å²) in [6.07, 6.45) is 3.00. The van der Waals surface area contributed by atoms with Crippen LogP contribution in [0, 0.1) is 6.92 Å². The van der Waals surface area contributed by atoms with E-state index in [2.05, 4.69) is 15.3 Å². The summed E-state index contributed by atoms with van der Waals surface area (Å²) >= 11 is 1.52. The minimum atomic E-state index is -0.435. The Kier molecular flexibility index (Phi) is 4.43. The van der Waals surface area contributed by atoms with Gasteiger partial charge in [-0.15, -0.1) is 0 Å². The second kappa shape index (κ2) is 6.90. The Labute approximate surface area is 159 Å². The van der Waals surface area contributed by atoms with Gasteiger partial charge in [0.2, 0.25) is 0 Å². The molecule has 7 nitrogen and oxygen atoms in total. The summed E-state index contributed by atoms with van der Waals surface area (Å²) in [6, 6.07) is 9.54. The number of amides is 2. The lowest BCUT2D eigenvalue weighted by Crippen LogP contribution is -2.34. The molecule has 0 bridgehead atoms. The number of hydrogen-bond donors (Lipinski definition) is 2. The van der Waals surface area contributed by atoms with Crippen LogP contribution in [0.3, 0.4) is 0 Å². The van der Waals surface area contributed by atoms with Crippen LogP contribution in [0.4, 0.5) is 5.69 Å². The molecule has 27 heavy (non-hydrogen) atoms. The predicted octanol–water partition coefficient (Wildman–Crippen LogP) is 2.32. The number of pyridine rings is 1. The van der Waals surface area contributed by atoms with E-state index in [-0.39, 0.29) is 18.8 Å². The first-order valence-electron chi connectivity index (χ1n) is 8.35. The first kappa shape index (κ1) is 17.3. The molecule has 8 heteroatoms. The average molecular weight is 380 g/mol. The SMILES string of the molecule is Cc1cc(-c2nc3cccnc3s2)ccc1NC1=CC(=O)N(CCO)C1=O. The molecule has 2 amide bonds. The van der Waals surface area contributed by atoms with E-state index < -0.39 is 11.8 Å². The molecule has 0 aliphatic carbocycles. The molecule has 0 radical (unpaired) electrons. The summed E-state index contributed by atoms with van der Waals surface area (Å²) in [5.74, 6) is -0.859. The number of nitrogens with zero attached hydrogens (tertiary/aromatic N) is 3. The van der Waals surface area contributed by atoms with Crippen LogP contribution >= 0.6 is 11.3 Å². The highest BCUT2D eigenvalue weighted by molar-refractivity contribution is 7.21. The van der Waals surface area contributed by atoms with Gasteiger partial charge < -0.3 is 10.4 Å². The maximum atomic E-state index is 12.3. The van der Waals surface area contributed by atoms with Gasteiger partial charge in [0.15, 0.2) is 0 Å². The Morgan fingerprint density at radius 1 is 1.26 bits per heavy atom. The van der Waals surface area contributed by atoms with Gasteiger partial charge in [-0.1, -0.05) is 11.3 Å². The van der Waals surface area contributed by atoms with Gasteiger partial charge in [-0.3, -0.25) is 14.5 Å². The maximum Gasteiger partial charge on any atom is 0.277 e. The standard InChI is InChI=1S/C19H16N4O3S/c1-11-9-12(17-22-14-3-2-6-20-18(14)27-17)4-5-13(11)21-15-10-16(25)23(7-8-24)19(15)26/h2-6,9-10,21,24H,7-8H2,1H3. The van der Waals surface area contributed by atoms with Gasteiger partial charge in [-0.25, -0.2) is 9.97 Å². The molecule has 2 aromatic heterocycles. The van der Waals surface area contributed by atoms with E-state index in [1.54, 1.807) is 6.20 Å². The van der Waals surface area contributed by atoms with E-state index in [1.807, 2.05) is 37.3 Å². The van der Waals surface area contributed by atoms with Crippen molar-refractivity contribution in [3.63, 3.8) is 0 Å². The number of β-amino-alcohol motifs (C(OH)–C–C–N with tert-alkyl or cyclic N) is 1. The number of aliphatic hydroxyl groups is 1. The minimum absolute atomic E-state index is 0.0110. The smallest absolute Gasteiger partial charge is 0.277 e. The zero-order valence-corrected chi connectivity index (χ0v) is 15.3.